The predicted octanol–water partition coefficient (Wildman–Crippen LogP) is 1.68. The molecule has 0 unspecified atom stereocenters. The molecule has 6 heteroatoms. The third-order valence-electron chi connectivity index (χ3n) is 2.61. The van der Waals surface area contributed by atoms with E-state index < -0.39 is 9.84 Å². The molecular weight excluding hydrogens is 262 g/mol. The second-order valence-corrected chi connectivity index (χ2v) is 6.29. The molecule has 0 aliphatic rings. The molecule has 0 aliphatic carbocycles. The highest BCUT2D eigenvalue weighted by Crippen LogP contribution is 2.13. The van der Waals surface area contributed by atoms with Crippen molar-refractivity contribution in [1.29, 1.82) is 0 Å². The average Bonchev–Trinajstić information content (AvgIpc) is 2.36. The van der Waals surface area contributed by atoms with Gasteiger partial charge in [0.05, 0.1) is 22.5 Å². The van der Waals surface area contributed by atoms with Gasteiger partial charge in [-0.15, -0.1) is 0 Å². The second-order valence-electron chi connectivity index (χ2n) is 4.28. The molecular formula is C13H15N3O2S. The van der Waals surface area contributed by atoms with E-state index in [1.165, 1.54) is 6.26 Å². The third kappa shape index (κ3) is 3.69. The van der Waals surface area contributed by atoms with E-state index in [2.05, 4.69) is 10.3 Å². The number of sulfone groups is 1. The molecule has 5 nitrogen and oxygen atoms in total. The number of hydrogen-bond acceptors (Lipinski definition) is 5. The maximum absolute atomic E-state index is 11.3. The second kappa shape index (κ2) is 5.27. The summed E-state index contributed by atoms with van der Waals surface area (Å²) in [5.41, 5.74) is 8.03. The van der Waals surface area contributed by atoms with Crippen molar-refractivity contribution in [3.63, 3.8) is 0 Å². The summed E-state index contributed by atoms with van der Waals surface area (Å²) in [7, 11) is -3.14. The maximum atomic E-state index is 11.3. The molecule has 100 valence electrons. The zero-order valence-corrected chi connectivity index (χ0v) is 11.3. The quantitative estimate of drug-likeness (QED) is 0.888. The Morgan fingerprint density at radius 2 is 1.89 bits per heavy atom. The lowest BCUT2D eigenvalue weighted by atomic mass is 10.2. The number of anilines is 2. The number of benzene rings is 1. The number of aromatic nitrogens is 1. The van der Waals surface area contributed by atoms with Crippen molar-refractivity contribution in [3.8, 4) is 0 Å². The number of nitrogens with two attached hydrogens (primary N) is 1. The molecule has 1 heterocycles. The van der Waals surface area contributed by atoms with Gasteiger partial charge in [0.2, 0.25) is 0 Å². The zero-order chi connectivity index (χ0) is 13.9. The van der Waals surface area contributed by atoms with Crippen LogP contribution in [0.4, 0.5) is 11.4 Å². The summed E-state index contributed by atoms with van der Waals surface area (Å²) in [4.78, 5) is 4.30. The summed E-state index contributed by atoms with van der Waals surface area (Å²) in [6.07, 6.45) is 4.45. The lowest BCUT2D eigenvalue weighted by molar-refractivity contribution is 0.602. The molecule has 0 saturated heterocycles. The summed E-state index contributed by atoms with van der Waals surface area (Å²) < 4.78 is 22.6. The number of hydrogen-bond donors (Lipinski definition) is 2. The van der Waals surface area contributed by atoms with E-state index in [1.807, 2.05) is 0 Å². The highest BCUT2D eigenvalue weighted by molar-refractivity contribution is 7.90. The summed E-state index contributed by atoms with van der Waals surface area (Å²) in [6, 6.07) is 8.55. The van der Waals surface area contributed by atoms with E-state index in [4.69, 9.17) is 5.73 Å². The maximum Gasteiger partial charge on any atom is 0.175 e. The molecule has 2 rings (SSSR count). The van der Waals surface area contributed by atoms with Crippen molar-refractivity contribution < 1.29 is 8.42 Å². The summed E-state index contributed by atoms with van der Waals surface area (Å²) in [5, 5.41) is 3.17. The molecule has 0 spiro atoms. The van der Waals surface area contributed by atoms with Crippen LogP contribution in [0.3, 0.4) is 0 Å². The van der Waals surface area contributed by atoms with E-state index in [9.17, 15) is 8.42 Å². The Hall–Kier alpha value is -2.08. The molecule has 0 saturated carbocycles. The molecule has 1 aromatic heterocycles. The predicted molar refractivity (Wildman–Crippen MR) is 75.5 cm³/mol. The van der Waals surface area contributed by atoms with Crippen molar-refractivity contribution in [3.05, 3.63) is 48.3 Å². The molecule has 2 aromatic rings. The number of nitrogens with one attached hydrogen (secondary N) is 1. The van der Waals surface area contributed by atoms with Gasteiger partial charge in [-0.05, 0) is 23.8 Å². The van der Waals surface area contributed by atoms with Crippen LogP contribution in [0.5, 0.6) is 0 Å². The number of nitrogens with zero attached hydrogens (tertiary/aromatic N) is 1. The summed E-state index contributed by atoms with van der Waals surface area (Å²) in [6.45, 7) is 0.579. The Bertz CT molecular complexity index is 667. The van der Waals surface area contributed by atoms with Crippen molar-refractivity contribution in [2.24, 2.45) is 0 Å². The van der Waals surface area contributed by atoms with Crippen LogP contribution in [0.1, 0.15) is 5.56 Å². The Labute approximate surface area is 112 Å². The fraction of sp³-hybridized carbons (Fsp3) is 0.154. The van der Waals surface area contributed by atoms with Gasteiger partial charge in [-0.3, -0.25) is 4.98 Å². The minimum Gasteiger partial charge on any atom is -0.397 e. The van der Waals surface area contributed by atoms with Gasteiger partial charge in [0.1, 0.15) is 0 Å². The number of nitrogen functional groups attached to an aromatic ring is 1. The molecule has 0 fully saturated rings. The van der Waals surface area contributed by atoms with Gasteiger partial charge in [-0.25, -0.2) is 8.42 Å². The molecule has 19 heavy (non-hydrogen) atoms. The van der Waals surface area contributed by atoms with E-state index in [-0.39, 0.29) is 0 Å². The Balaban J connectivity index is 2.05. The number of pyridine rings is 1. The van der Waals surface area contributed by atoms with Crippen LogP contribution >= 0.6 is 0 Å². The first kappa shape index (κ1) is 13.4. The molecule has 0 bridgehead atoms. The molecule has 0 atom stereocenters. The van der Waals surface area contributed by atoms with Gasteiger partial charge in [0.15, 0.2) is 9.84 Å². The standard InChI is InChI=1S/C13H15N3O2S/c1-19(17,18)13-4-2-10(3-5-13)7-16-12-6-11(14)8-15-9-12/h2-6,8-9,16H,7,14H2,1H3. The van der Waals surface area contributed by atoms with Gasteiger partial charge in [0.25, 0.3) is 0 Å². The summed E-state index contributed by atoms with van der Waals surface area (Å²) >= 11 is 0. The first-order chi connectivity index (χ1) is 8.95. The highest BCUT2D eigenvalue weighted by Gasteiger charge is 2.05. The van der Waals surface area contributed by atoms with Gasteiger partial charge in [0, 0.05) is 19.0 Å². The molecule has 0 radical (unpaired) electrons. The topological polar surface area (TPSA) is 85.1 Å². The largest absolute Gasteiger partial charge is 0.397 e. The van der Waals surface area contributed by atoms with Gasteiger partial charge < -0.3 is 11.1 Å². The Kier molecular flexibility index (Phi) is 3.71. The van der Waals surface area contributed by atoms with Crippen LogP contribution in [-0.4, -0.2) is 19.7 Å². The summed E-state index contributed by atoms with van der Waals surface area (Å²) in [5.74, 6) is 0. The molecule has 1 aromatic carbocycles. The lowest BCUT2D eigenvalue weighted by Gasteiger charge is -2.07. The zero-order valence-electron chi connectivity index (χ0n) is 10.5. The van der Waals surface area contributed by atoms with Crippen molar-refractivity contribution >= 4 is 21.2 Å². The fourth-order valence-electron chi connectivity index (χ4n) is 1.61. The smallest absolute Gasteiger partial charge is 0.175 e. The van der Waals surface area contributed by atoms with Crippen LogP contribution in [0.2, 0.25) is 0 Å². The molecule has 0 aliphatic heterocycles. The van der Waals surface area contributed by atoms with E-state index in [1.54, 1.807) is 42.7 Å². The van der Waals surface area contributed by atoms with Crippen molar-refractivity contribution in [1.82, 2.24) is 4.98 Å². The minimum absolute atomic E-state index is 0.321. The van der Waals surface area contributed by atoms with Crippen LogP contribution in [0.25, 0.3) is 0 Å². The van der Waals surface area contributed by atoms with Crippen molar-refractivity contribution in [2.75, 3.05) is 17.3 Å². The molecule has 3 N–H and O–H groups in total. The lowest BCUT2D eigenvalue weighted by Crippen LogP contribution is -2.02. The highest BCUT2D eigenvalue weighted by atomic mass is 32.2. The normalized spacial score (nSPS) is 11.2. The minimum atomic E-state index is -3.14. The van der Waals surface area contributed by atoms with Crippen LogP contribution in [0, 0.1) is 0 Å². The monoisotopic (exact) mass is 277 g/mol. The van der Waals surface area contributed by atoms with Gasteiger partial charge in [-0.1, -0.05) is 12.1 Å². The first-order valence-corrected chi connectivity index (χ1v) is 7.58. The first-order valence-electron chi connectivity index (χ1n) is 5.68. The third-order valence-corrected chi connectivity index (χ3v) is 3.74. The molecule has 0 amide bonds. The van der Waals surface area contributed by atoms with E-state index in [0.717, 1.165) is 11.3 Å². The Morgan fingerprint density at radius 3 is 2.47 bits per heavy atom. The van der Waals surface area contributed by atoms with Gasteiger partial charge in [-0.2, -0.15) is 0 Å². The Morgan fingerprint density at radius 1 is 1.21 bits per heavy atom. The van der Waals surface area contributed by atoms with E-state index >= 15 is 0 Å². The van der Waals surface area contributed by atoms with Crippen LogP contribution < -0.4 is 11.1 Å². The van der Waals surface area contributed by atoms with Crippen LogP contribution in [-0.2, 0) is 16.4 Å². The van der Waals surface area contributed by atoms with Crippen LogP contribution in [0.15, 0.2) is 47.6 Å². The SMILES string of the molecule is CS(=O)(=O)c1ccc(CNc2cncc(N)c2)cc1. The van der Waals surface area contributed by atoms with Crippen molar-refractivity contribution in [2.45, 2.75) is 11.4 Å². The van der Waals surface area contributed by atoms with E-state index in [0.29, 0.717) is 17.1 Å². The average molecular weight is 277 g/mol. The fourth-order valence-corrected chi connectivity index (χ4v) is 2.24. The number of rotatable bonds is 4. The van der Waals surface area contributed by atoms with Gasteiger partial charge >= 0.3 is 0 Å².